The van der Waals surface area contributed by atoms with Crippen molar-refractivity contribution in [1.29, 1.82) is 0 Å². The fourth-order valence-electron chi connectivity index (χ4n) is 0.191. The molecule has 0 saturated carbocycles. The Morgan fingerprint density at radius 1 is 1.62 bits per heavy atom. The molecule has 0 fully saturated rings. The minimum absolute atomic E-state index is 0.0448. The van der Waals surface area contributed by atoms with Crippen molar-refractivity contribution in [3.05, 3.63) is 0 Å². The molecule has 0 saturated heterocycles. The van der Waals surface area contributed by atoms with Crippen LogP contribution in [0.25, 0.3) is 0 Å². The molecule has 8 heavy (non-hydrogen) atoms. The SMILES string of the molecule is O=C(CCl)[O][Hg][CH2]Cl. The van der Waals surface area contributed by atoms with E-state index in [1.54, 1.807) is 0 Å². The first-order valence-electron chi connectivity index (χ1n) is 2.08. The van der Waals surface area contributed by atoms with E-state index in [4.69, 9.17) is 23.2 Å². The number of carbonyl (C=O) groups excluding carboxylic acids is 1. The molecule has 0 bridgehead atoms. The Kier molecular flexibility index (Phi) is 6.86. The fourth-order valence-corrected chi connectivity index (χ4v) is 3.03. The summed E-state index contributed by atoms with van der Waals surface area (Å²) >= 11 is 8.95. The van der Waals surface area contributed by atoms with E-state index in [1.807, 2.05) is 0 Å². The van der Waals surface area contributed by atoms with Gasteiger partial charge in [0.2, 0.25) is 0 Å². The molecule has 0 aliphatic carbocycles. The molecule has 2 nitrogen and oxygen atoms in total. The molecule has 0 aliphatic heterocycles. The van der Waals surface area contributed by atoms with Crippen LogP contribution < -0.4 is 0 Å². The topological polar surface area (TPSA) is 26.3 Å². The van der Waals surface area contributed by atoms with Crippen LogP contribution in [-0.2, 0) is 32.5 Å². The molecular formula is C3H4Cl2HgO2. The molecule has 0 aromatic carbocycles. The zero-order chi connectivity index (χ0) is 6.41. The van der Waals surface area contributed by atoms with E-state index in [1.165, 1.54) is 0 Å². The van der Waals surface area contributed by atoms with E-state index in [-0.39, 0.29) is 11.8 Å². The summed E-state index contributed by atoms with van der Waals surface area (Å²) in [6.45, 7) is 0. The number of alkyl halides is 2. The van der Waals surface area contributed by atoms with E-state index in [0.29, 0.717) is 3.39 Å². The van der Waals surface area contributed by atoms with Crippen molar-refractivity contribution in [3.63, 3.8) is 0 Å². The predicted molar refractivity (Wildman–Crippen MR) is 27.5 cm³/mol. The molecule has 44 valence electrons. The Labute approximate surface area is 70.6 Å². The summed E-state index contributed by atoms with van der Waals surface area (Å²) in [6, 6.07) is 0. The fraction of sp³-hybridized carbons (Fsp3) is 0.667. The van der Waals surface area contributed by atoms with E-state index in [9.17, 15) is 4.79 Å². The van der Waals surface area contributed by atoms with Crippen LogP contribution in [0.4, 0.5) is 0 Å². The normalized spacial score (nSPS) is 7.75. The molecule has 0 atom stereocenters. The summed E-state index contributed by atoms with van der Waals surface area (Å²) in [6.07, 6.45) is 0. The quantitative estimate of drug-likeness (QED) is 0.564. The maximum absolute atomic E-state index is 10.2. The van der Waals surface area contributed by atoms with Gasteiger partial charge in [-0.2, -0.15) is 0 Å². The first-order valence-corrected chi connectivity index (χ1v) is 9.29. The van der Waals surface area contributed by atoms with Gasteiger partial charge in [-0.3, -0.25) is 0 Å². The molecule has 0 aromatic heterocycles. The van der Waals surface area contributed by atoms with Crippen LogP contribution in [0, 0.1) is 0 Å². The average Bonchev–Trinajstić information content (AvgIpc) is 1.83. The Balaban J connectivity index is 2.99. The predicted octanol–water partition coefficient (Wildman–Crippen LogP) is 0.962. The monoisotopic (exact) mass is 344 g/mol. The minimum atomic E-state index is -1.43. The summed E-state index contributed by atoms with van der Waals surface area (Å²) in [5.41, 5.74) is 0. The zero-order valence-corrected chi connectivity index (χ0v) is 11.2. The maximum atomic E-state index is 10.2. The summed E-state index contributed by atoms with van der Waals surface area (Å²) in [5.74, 6) is -0.370. The Hall–Kier alpha value is 0.985. The van der Waals surface area contributed by atoms with Crippen LogP contribution in [-0.4, -0.2) is 15.2 Å². The van der Waals surface area contributed by atoms with Crippen molar-refractivity contribution < 1.29 is 32.5 Å². The standard InChI is InChI=1S/C2H3ClO2.CH2Cl.Hg/c3-1-2(4)5;1-2;/h1H2,(H,4,5);1H2;/q;;+1/p-1. The number of hydrogen-bond acceptors (Lipinski definition) is 2. The van der Waals surface area contributed by atoms with Crippen molar-refractivity contribution in [2.24, 2.45) is 0 Å². The molecule has 0 radical (unpaired) electrons. The molecule has 0 N–H and O–H groups in total. The molecule has 0 aliphatic rings. The first kappa shape index (κ1) is 8.99. The van der Waals surface area contributed by atoms with E-state index < -0.39 is 25.0 Å². The van der Waals surface area contributed by atoms with Gasteiger partial charge in [-0.15, -0.1) is 0 Å². The summed E-state index contributed by atoms with van der Waals surface area (Å²) < 4.78 is 5.20. The van der Waals surface area contributed by atoms with Crippen LogP contribution in [0.15, 0.2) is 0 Å². The summed E-state index contributed by atoms with van der Waals surface area (Å²) in [5, 5.41) is 0. The van der Waals surface area contributed by atoms with E-state index in [2.05, 4.69) is 2.64 Å². The van der Waals surface area contributed by atoms with Crippen LogP contribution in [0.3, 0.4) is 0 Å². The van der Waals surface area contributed by atoms with Gasteiger partial charge in [0, 0.05) is 0 Å². The molecule has 5 heteroatoms. The number of rotatable bonds is 3. The summed E-state index contributed by atoms with van der Waals surface area (Å²) in [4.78, 5) is 10.2. The molecule has 0 amide bonds. The Morgan fingerprint density at radius 3 is 2.62 bits per heavy atom. The number of hydrogen-bond donors (Lipinski definition) is 0. The van der Waals surface area contributed by atoms with Gasteiger partial charge in [0.15, 0.2) is 0 Å². The van der Waals surface area contributed by atoms with Crippen molar-refractivity contribution >= 4 is 29.2 Å². The van der Waals surface area contributed by atoms with Gasteiger partial charge in [0.05, 0.1) is 0 Å². The van der Waals surface area contributed by atoms with Crippen molar-refractivity contribution in [3.8, 4) is 0 Å². The van der Waals surface area contributed by atoms with Gasteiger partial charge in [-0.1, -0.05) is 0 Å². The van der Waals surface area contributed by atoms with Crippen LogP contribution in [0.1, 0.15) is 0 Å². The van der Waals surface area contributed by atoms with Crippen molar-refractivity contribution in [2.45, 2.75) is 0 Å². The second kappa shape index (κ2) is 6.11. The van der Waals surface area contributed by atoms with E-state index >= 15 is 0 Å². The Bertz CT molecular complexity index is 77.7. The molecular weight excluding hydrogens is 340 g/mol. The third kappa shape index (κ3) is 5.13. The first-order chi connectivity index (χ1) is 3.81. The van der Waals surface area contributed by atoms with Crippen molar-refractivity contribution in [1.82, 2.24) is 0 Å². The summed E-state index contributed by atoms with van der Waals surface area (Å²) in [7, 11) is 0. The third-order valence-corrected chi connectivity index (χ3v) is 4.67. The van der Waals surface area contributed by atoms with Gasteiger partial charge in [0.25, 0.3) is 0 Å². The zero-order valence-electron chi connectivity index (χ0n) is 4.19. The average molecular weight is 344 g/mol. The third-order valence-electron chi connectivity index (χ3n) is 0.449. The molecule has 0 heterocycles. The van der Waals surface area contributed by atoms with E-state index in [0.717, 1.165) is 0 Å². The second-order valence-corrected chi connectivity index (χ2v) is 8.81. The molecule has 0 unspecified atom stereocenters. The second-order valence-electron chi connectivity index (χ2n) is 1.04. The molecule has 0 aromatic rings. The van der Waals surface area contributed by atoms with Crippen LogP contribution >= 0.6 is 23.2 Å². The molecule has 0 spiro atoms. The van der Waals surface area contributed by atoms with Gasteiger partial charge in [0.1, 0.15) is 0 Å². The van der Waals surface area contributed by atoms with Crippen LogP contribution in [0.2, 0.25) is 0 Å². The van der Waals surface area contributed by atoms with Crippen LogP contribution in [0.5, 0.6) is 0 Å². The number of halogens is 2. The number of carbonyl (C=O) groups is 1. The molecule has 0 rings (SSSR count). The van der Waals surface area contributed by atoms with Gasteiger partial charge in [-0.05, 0) is 0 Å². The van der Waals surface area contributed by atoms with Crippen molar-refractivity contribution in [2.75, 3.05) is 9.27 Å². The van der Waals surface area contributed by atoms with Gasteiger partial charge < -0.3 is 0 Å². The van der Waals surface area contributed by atoms with Gasteiger partial charge >= 0.3 is 70.9 Å². The van der Waals surface area contributed by atoms with Gasteiger partial charge in [-0.25, -0.2) is 0 Å². The Morgan fingerprint density at radius 2 is 2.25 bits per heavy atom.